The summed E-state index contributed by atoms with van der Waals surface area (Å²) >= 11 is 1.24. The summed E-state index contributed by atoms with van der Waals surface area (Å²) < 4.78 is 5.26. The molecular weight excluding hydrogens is 426 g/mol. The van der Waals surface area contributed by atoms with Gasteiger partial charge in [-0.3, -0.25) is 9.59 Å². The quantitative estimate of drug-likeness (QED) is 0.443. The summed E-state index contributed by atoms with van der Waals surface area (Å²) in [6, 6.07) is 7.99. The smallest absolute Gasteiger partial charge is 0.341 e. The van der Waals surface area contributed by atoms with Crippen molar-refractivity contribution in [2.45, 2.75) is 46.0 Å². The lowest BCUT2D eigenvalue weighted by Crippen LogP contribution is -2.34. The molecule has 2 N–H and O–H groups in total. The number of esters is 1. The Morgan fingerprint density at radius 2 is 1.72 bits per heavy atom. The molecular formula is C25H29NO5S. The van der Waals surface area contributed by atoms with Crippen molar-refractivity contribution in [3.05, 3.63) is 52.9 Å². The van der Waals surface area contributed by atoms with Gasteiger partial charge in [-0.25, -0.2) is 4.79 Å². The first-order valence-electron chi connectivity index (χ1n) is 10.7. The fourth-order valence-electron chi connectivity index (χ4n) is 3.80. The second kappa shape index (κ2) is 9.69. The maximum Gasteiger partial charge on any atom is 0.341 e. The number of amides is 1. The summed E-state index contributed by atoms with van der Waals surface area (Å²) in [5.41, 5.74) is 3.01. The van der Waals surface area contributed by atoms with E-state index in [2.05, 4.69) is 26.1 Å². The van der Waals surface area contributed by atoms with Crippen LogP contribution in [-0.2, 0) is 19.7 Å². The summed E-state index contributed by atoms with van der Waals surface area (Å²) in [5.74, 6) is -3.38. The molecule has 0 fully saturated rings. The molecule has 6 nitrogen and oxygen atoms in total. The van der Waals surface area contributed by atoms with Crippen LogP contribution in [0.15, 0.2) is 41.8 Å². The molecule has 1 aromatic heterocycles. The van der Waals surface area contributed by atoms with Gasteiger partial charge < -0.3 is 15.2 Å². The highest BCUT2D eigenvalue weighted by atomic mass is 32.1. The van der Waals surface area contributed by atoms with Crippen LogP contribution >= 0.6 is 11.3 Å². The van der Waals surface area contributed by atoms with Gasteiger partial charge in [-0.1, -0.05) is 57.2 Å². The molecule has 170 valence electrons. The fourth-order valence-corrected chi connectivity index (χ4v) is 4.76. The Hall–Kier alpha value is -2.93. The number of allylic oxidation sites excluding steroid dienone is 2. The van der Waals surface area contributed by atoms with E-state index in [1.165, 1.54) is 16.9 Å². The van der Waals surface area contributed by atoms with Crippen molar-refractivity contribution in [1.82, 2.24) is 0 Å². The average molecular weight is 456 g/mol. The van der Waals surface area contributed by atoms with Crippen LogP contribution in [0, 0.1) is 11.8 Å². The predicted molar refractivity (Wildman–Crippen MR) is 126 cm³/mol. The Morgan fingerprint density at radius 1 is 1.09 bits per heavy atom. The number of aliphatic carboxylic acids is 1. The van der Waals surface area contributed by atoms with E-state index in [-0.39, 0.29) is 12.0 Å². The maximum atomic E-state index is 13.0. The normalized spacial score (nSPS) is 18.2. The third-order valence-corrected chi connectivity index (χ3v) is 6.55. The summed E-state index contributed by atoms with van der Waals surface area (Å²) in [5, 5.41) is 14.5. The van der Waals surface area contributed by atoms with Crippen molar-refractivity contribution in [2.24, 2.45) is 11.8 Å². The van der Waals surface area contributed by atoms with Crippen molar-refractivity contribution in [2.75, 3.05) is 11.9 Å². The van der Waals surface area contributed by atoms with Crippen LogP contribution in [0.25, 0.3) is 11.1 Å². The van der Waals surface area contributed by atoms with Crippen LogP contribution in [-0.4, -0.2) is 29.6 Å². The Kier molecular flexibility index (Phi) is 7.19. The van der Waals surface area contributed by atoms with Crippen LogP contribution in [0.2, 0.25) is 0 Å². The van der Waals surface area contributed by atoms with Crippen molar-refractivity contribution < 1.29 is 24.2 Å². The Labute approximate surface area is 192 Å². The molecule has 2 atom stereocenters. The molecule has 0 bridgehead atoms. The third-order valence-electron chi connectivity index (χ3n) is 5.66. The van der Waals surface area contributed by atoms with Gasteiger partial charge in [0.25, 0.3) is 0 Å². The first-order valence-corrected chi connectivity index (χ1v) is 11.6. The molecule has 7 heteroatoms. The molecule has 1 aliphatic carbocycles. The van der Waals surface area contributed by atoms with E-state index in [0.29, 0.717) is 29.0 Å². The lowest BCUT2D eigenvalue weighted by molar-refractivity contribution is -0.146. The van der Waals surface area contributed by atoms with Crippen molar-refractivity contribution in [3.8, 4) is 11.1 Å². The number of carboxylic acid groups (broad SMARTS) is 1. The Morgan fingerprint density at radius 3 is 2.28 bits per heavy atom. The van der Waals surface area contributed by atoms with E-state index in [1.54, 1.807) is 13.0 Å². The molecule has 0 spiro atoms. The zero-order valence-electron chi connectivity index (χ0n) is 18.8. The SMILES string of the molecule is CCOC(=O)c1c(-c2ccc(C(C)(C)C)cc2)csc1NC(=O)[C@H]1CC=CC[C@H]1C(=O)O. The van der Waals surface area contributed by atoms with Crippen LogP contribution in [0.4, 0.5) is 5.00 Å². The summed E-state index contributed by atoms with van der Waals surface area (Å²) in [6.07, 6.45) is 4.28. The number of carbonyl (C=O) groups is 3. The van der Waals surface area contributed by atoms with Gasteiger partial charge in [0, 0.05) is 10.9 Å². The zero-order chi connectivity index (χ0) is 23.5. The third kappa shape index (κ3) is 5.10. The molecule has 2 aromatic rings. The fraction of sp³-hybridized carbons (Fsp3) is 0.400. The summed E-state index contributed by atoms with van der Waals surface area (Å²) in [7, 11) is 0. The highest BCUT2D eigenvalue weighted by Gasteiger charge is 2.35. The maximum absolute atomic E-state index is 13.0. The molecule has 1 aromatic carbocycles. The lowest BCUT2D eigenvalue weighted by atomic mass is 9.82. The van der Waals surface area contributed by atoms with Crippen LogP contribution < -0.4 is 5.32 Å². The largest absolute Gasteiger partial charge is 0.481 e. The van der Waals surface area contributed by atoms with Gasteiger partial charge in [-0.05, 0) is 36.3 Å². The van der Waals surface area contributed by atoms with Gasteiger partial charge >= 0.3 is 11.9 Å². The first kappa shape index (κ1) is 23.7. The van der Waals surface area contributed by atoms with Crippen LogP contribution in [0.1, 0.15) is 56.5 Å². The highest BCUT2D eigenvalue weighted by molar-refractivity contribution is 7.15. The molecule has 1 aliphatic rings. The molecule has 0 unspecified atom stereocenters. The van der Waals surface area contributed by atoms with Gasteiger partial charge in [-0.15, -0.1) is 11.3 Å². The number of hydrogen-bond acceptors (Lipinski definition) is 5. The second-order valence-electron chi connectivity index (χ2n) is 8.88. The summed E-state index contributed by atoms with van der Waals surface area (Å²) in [4.78, 5) is 37.4. The van der Waals surface area contributed by atoms with Gasteiger partial charge in [-0.2, -0.15) is 0 Å². The number of thiophene rings is 1. The van der Waals surface area contributed by atoms with Gasteiger partial charge in [0.1, 0.15) is 10.6 Å². The number of hydrogen-bond donors (Lipinski definition) is 2. The molecule has 0 radical (unpaired) electrons. The topological polar surface area (TPSA) is 92.7 Å². The number of carbonyl (C=O) groups excluding carboxylic acids is 2. The standard InChI is InChI=1S/C25H29NO5S/c1-5-31-24(30)20-19(15-10-12-16(13-11-15)25(2,3)4)14-32-22(20)26-21(27)17-8-6-7-9-18(17)23(28)29/h6-7,10-14,17-18H,5,8-9H2,1-4H3,(H,26,27)(H,28,29)/t17-,18+/m0/s1. The van der Waals surface area contributed by atoms with E-state index >= 15 is 0 Å². The van der Waals surface area contributed by atoms with E-state index in [4.69, 9.17) is 4.74 Å². The summed E-state index contributed by atoms with van der Waals surface area (Å²) in [6.45, 7) is 8.34. The molecule has 0 aliphatic heterocycles. The minimum absolute atomic E-state index is 0.00536. The van der Waals surface area contributed by atoms with E-state index in [0.717, 1.165) is 5.56 Å². The Bertz CT molecular complexity index is 1030. The van der Waals surface area contributed by atoms with E-state index in [9.17, 15) is 19.5 Å². The van der Waals surface area contributed by atoms with Gasteiger partial charge in [0.2, 0.25) is 5.91 Å². The monoisotopic (exact) mass is 455 g/mol. The minimum atomic E-state index is -0.995. The number of nitrogens with one attached hydrogen (secondary N) is 1. The van der Waals surface area contributed by atoms with E-state index in [1.807, 2.05) is 35.7 Å². The van der Waals surface area contributed by atoms with Crippen LogP contribution in [0.5, 0.6) is 0 Å². The molecule has 1 amide bonds. The minimum Gasteiger partial charge on any atom is -0.481 e. The lowest BCUT2D eigenvalue weighted by Gasteiger charge is -2.24. The van der Waals surface area contributed by atoms with E-state index < -0.39 is 29.7 Å². The average Bonchev–Trinajstić information content (AvgIpc) is 3.17. The number of benzene rings is 1. The number of anilines is 1. The Balaban J connectivity index is 1.94. The zero-order valence-corrected chi connectivity index (χ0v) is 19.6. The van der Waals surface area contributed by atoms with Crippen LogP contribution in [0.3, 0.4) is 0 Å². The molecule has 32 heavy (non-hydrogen) atoms. The molecule has 3 rings (SSSR count). The number of ether oxygens (including phenoxy) is 1. The number of carboxylic acids is 1. The van der Waals surface area contributed by atoms with Gasteiger partial charge in [0.05, 0.1) is 18.4 Å². The highest BCUT2D eigenvalue weighted by Crippen LogP contribution is 2.38. The number of rotatable bonds is 6. The molecule has 0 saturated carbocycles. The van der Waals surface area contributed by atoms with Crippen molar-refractivity contribution >= 4 is 34.2 Å². The molecule has 0 saturated heterocycles. The van der Waals surface area contributed by atoms with Crippen molar-refractivity contribution in [3.63, 3.8) is 0 Å². The van der Waals surface area contributed by atoms with Gasteiger partial charge in [0.15, 0.2) is 0 Å². The first-order chi connectivity index (χ1) is 15.1. The second-order valence-corrected chi connectivity index (χ2v) is 9.76. The molecule has 1 heterocycles. The van der Waals surface area contributed by atoms with Crippen molar-refractivity contribution in [1.29, 1.82) is 0 Å². The predicted octanol–water partition coefficient (Wildman–Crippen LogP) is 5.49.